The molecule has 6 nitrogen and oxygen atoms in total. The molecule has 2 atom stereocenters. The number of hydrogen-bond acceptors (Lipinski definition) is 4. The summed E-state index contributed by atoms with van der Waals surface area (Å²) in [5.41, 5.74) is 1.00. The fourth-order valence-electron chi connectivity index (χ4n) is 3.27. The summed E-state index contributed by atoms with van der Waals surface area (Å²) < 4.78 is 32.5. The molecule has 0 saturated carbocycles. The van der Waals surface area contributed by atoms with Crippen molar-refractivity contribution >= 4 is 15.9 Å². The smallest absolute Gasteiger partial charge is 0.243 e. The first-order valence-electron chi connectivity index (χ1n) is 8.46. The molecule has 1 aromatic rings. The highest BCUT2D eigenvalue weighted by Gasteiger charge is 2.39. The number of nitrogens with one attached hydrogen (secondary N) is 1. The minimum Gasteiger partial charge on any atom is -0.376 e. The third-order valence-corrected chi connectivity index (χ3v) is 6.58. The van der Waals surface area contributed by atoms with Gasteiger partial charge in [-0.1, -0.05) is 17.7 Å². The van der Waals surface area contributed by atoms with Crippen LogP contribution in [0.25, 0.3) is 0 Å². The lowest BCUT2D eigenvalue weighted by Gasteiger charge is -2.24. The van der Waals surface area contributed by atoms with E-state index in [-0.39, 0.29) is 16.9 Å². The van der Waals surface area contributed by atoms with Gasteiger partial charge in [-0.25, -0.2) is 8.42 Å². The molecule has 3 rings (SSSR count). The number of ether oxygens (including phenoxy) is 1. The van der Waals surface area contributed by atoms with Crippen LogP contribution < -0.4 is 5.32 Å². The van der Waals surface area contributed by atoms with Gasteiger partial charge in [0.2, 0.25) is 15.9 Å². The number of hydrogen-bond donors (Lipinski definition) is 1. The van der Waals surface area contributed by atoms with Crippen LogP contribution >= 0.6 is 0 Å². The fraction of sp³-hybridized carbons (Fsp3) is 0.588. The summed E-state index contributed by atoms with van der Waals surface area (Å²) in [4.78, 5) is 12.7. The van der Waals surface area contributed by atoms with Gasteiger partial charge in [0.15, 0.2) is 0 Å². The van der Waals surface area contributed by atoms with E-state index in [1.165, 1.54) is 4.31 Å². The molecular formula is C17H24N2O4S. The standard InChI is InChI=1S/C17H24N2O4S/c1-13-6-8-15(9-7-13)24(21,22)19-10-2-5-16(19)17(20)18-12-14-4-3-11-23-14/h6-9,14,16H,2-5,10-12H2,1H3,(H,18,20)/t14-,16+/m1/s1. The van der Waals surface area contributed by atoms with Gasteiger partial charge in [0.1, 0.15) is 6.04 Å². The maximum absolute atomic E-state index is 12.8. The molecule has 0 unspecified atom stereocenters. The highest BCUT2D eigenvalue weighted by atomic mass is 32.2. The van der Waals surface area contributed by atoms with Crippen LogP contribution in [-0.4, -0.2) is 50.5 Å². The molecule has 1 amide bonds. The Morgan fingerprint density at radius 1 is 1.25 bits per heavy atom. The molecular weight excluding hydrogens is 328 g/mol. The summed E-state index contributed by atoms with van der Waals surface area (Å²) in [5, 5.41) is 2.86. The van der Waals surface area contributed by atoms with Crippen molar-refractivity contribution in [3.05, 3.63) is 29.8 Å². The lowest BCUT2D eigenvalue weighted by atomic mass is 10.2. The van der Waals surface area contributed by atoms with Crippen LogP contribution in [0.5, 0.6) is 0 Å². The summed E-state index contributed by atoms with van der Waals surface area (Å²) in [6, 6.07) is 6.12. The van der Waals surface area contributed by atoms with Crippen LogP contribution in [0.15, 0.2) is 29.2 Å². The largest absolute Gasteiger partial charge is 0.376 e. The van der Waals surface area contributed by atoms with Gasteiger partial charge < -0.3 is 10.1 Å². The van der Waals surface area contributed by atoms with Crippen molar-refractivity contribution in [2.45, 2.75) is 49.6 Å². The van der Waals surface area contributed by atoms with Gasteiger partial charge in [-0.2, -0.15) is 4.31 Å². The first kappa shape index (κ1) is 17.4. The van der Waals surface area contributed by atoms with E-state index in [2.05, 4.69) is 5.32 Å². The Balaban J connectivity index is 1.69. The van der Waals surface area contributed by atoms with Gasteiger partial charge in [0.25, 0.3) is 0 Å². The van der Waals surface area contributed by atoms with Gasteiger partial charge in [-0.15, -0.1) is 0 Å². The molecule has 0 radical (unpaired) electrons. The number of sulfonamides is 1. The first-order valence-corrected chi connectivity index (χ1v) is 9.90. The number of aryl methyl sites for hydroxylation is 1. The second kappa shape index (κ2) is 7.21. The molecule has 24 heavy (non-hydrogen) atoms. The Morgan fingerprint density at radius 2 is 2.00 bits per heavy atom. The Morgan fingerprint density at radius 3 is 2.67 bits per heavy atom. The minimum atomic E-state index is -3.65. The molecule has 2 aliphatic heterocycles. The Hall–Kier alpha value is -1.44. The van der Waals surface area contributed by atoms with Gasteiger partial charge in [-0.05, 0) is 44.7 Å². The van der Waals surface area contributed by atoms with Crippen molar-refractivity contribution in [1.29, 1.82) is 0 Å². The Bertz CT molecular complexity index is 681. The Kier molecular flexibility index (Phi) is 5.22. The van der Waals surface area contributed by atoms with Crippen LogP contribution in [0.2, 0.25) is 0 Å². The number of amides is 1. The molecule has 0 spiro atoms. The lowest BCUT2D eigenvalue weighted by molar-refractivity contribution is -0.124. The average Bonchev–Trinajstić information content (AvgIpc) is 3.24. The van der Waals surface area contributed by atoms with Gasteiger partial charge in [0, 0.05) is 19.7 Å². The zero-order chi connectivity index (χ0) is 17.2. The summed E-state index contributed by atoms with van der Waals surface area (Å²) >= 11 is 0. The molecule has 132 valence electrons. The average molecular weight is 352 g/mol. The van der Waals surface area contributed by atoms with Crippen molar-refractivity contribution in [2.24, 2.45) is 0 Å². The molecule has 2 aliphatic rings. The predicted octanol–water partition coefficient (Wildman–Crippen LogP) is 1.44. The highest BCUT2D eigenvalue weighted by molar-refractivity contribution is 7.89. The van der Waals surface area contributed by atoms with Crippen molar-refractivity contribution in [1.82, 2.24) is 9.62 Å². The molecule has 0 aromatic heterocycles. The van der Waals surface area contributed by atoms with E-state index in [1.807, 2.05) is 6.92 Å². The van der Waals surface area contributed by atoms with Crippen LogP contribution in [0.3, 0.4) is 0 Å². The summed E-state index contributed by atoms with van der Waals surface area (Å²) in [6.07, 6.45) is 3.26. The molecule has 1 aromatic carbocycles. The number of carbonyl (C=O) groups excluding carboxylic acids is 1. The van der Waals surface area contributed by atoms with E-state index in [9.17, 15) is 13.2 Å². The first-order chi connectivity index (χ1) is 11.5. The summed E-state index contributed by atoms with van der Waals surface area (Å²) in [6.45, 7) is 3.48. The number of benzene rings is 1. The van der Waals surface area contributed by atoms with E-state index in [0.29, 0.717) is 25.9 Å². The predicted molar refractivity (Wildman–Crippen MR) is 90.1 cm³/mol. The monoisotopic (exact) mass is 352 g/mol. The number of carbonyl (C=O) groups is 1. The fourth-order valence-corrected chi connectivity index (χ4v) is 4.93. The van der Waals surface area contributed by atoms with Crippen molar-refractivity contribution in [2.75, 3.05) is 19.7 Å². The van der Waals surface area contributed by atoms with E-state index >= 15 is 0 Å². The summed E-state index contributed by atoms with van der Waals surface area (Å²) in [5.74, 6) is -0.223. The Labute approximate surface area is 143 Å². The quantitative estimate of drug-likeness (QED) is 0.870. The zero-order valence-electron chi connectivity index (χ0n) is 13.9. The van der Waals surface area contributed by atoms with Gasteiger partial charge >= 0.3 is 0 Å². The molecule has 2 saturated heterocycles. The highest BCUT2D eigenvalue weighted by Crippen LogP contribution is 2.26. The molecule has 0 aliphatic carbocycles. The van der Waals surface area contributed by atoms with Crippen molar-refractivity contribution < 1.29 is 17.9 Å². The SMILES string of the molecule is Cc1ccc(S(=O)(=O)N2CCC[C@H]2C(=O)NC[C@H]2CCCO2)cc1. The molecule has 7 heteroatoms. The number of rotatable bonds is 5. The summed E-state index contributed by atoms with van der Waals surface area (Å²) in [7, 11) is -3.65. The molecule has 2 heterocycles. The second-order valence-electron chi connectivity index (χ2n) is 6.47. The minimum absolute atomic E-state index is 0.0532. The van der Waals surface area contributed by atoms with Crippen molar-refractivity contribution in [3.8, 4) is 0 Å². The normalized spacial score (nSPS) is 25.0. The third-order valence-electron chi connectivity index (χ3n) is 4.66. The van der Waals surface area contributed by atoms with Crippen LogP contribution in [-0.2, 0) is 19.6 Å². The third kappa shape index (κ3) is 3.63. The molecule has 0 bridgehead atoms. The maximum atomic E-state index is 12.8. The van der Waals surface area contributed by atoms with Gasteiger partial charge in [-0.3, -0.25) is 4.79 Å². The van der Waals surface area contributed by atoms with E-state index in [0.717, 1.165) is 25.0 Å². The van der Waals surface area contributed by atoms with Crippen LogP contribution in [0, 0.1) is 6.92 Å². The maximum Gasteiger partial charge on any atom is 0.243 e. The molecule has 2 fully saturated rings. The van der Waals surface area contributed by atoms with Gasteiger partial charge in [0.05, 0.1) is 11.0 Å². The van der Waals surface area contributed by atoms with E-state index in [4.69, 9.17) is 4.74 Å². The van der Waals surface area contributed by atoms with E-state index < -0.39 is 16.1 Å². The van der Waals surface area contributed by atoms with Crippen LogP contribution in [0.1, 0.15) is 31.2 Å². The lowest BCUT2D eigenvalue weighted by Crippen LogP contribution is -2.47. The zero-order valence-corrected chi connectivity index (χ0v) is 14.7. The molecule has 1 N–H and O–H groups in total. The number of nitrogens with zero attached hydrogens (tertiary/aromatic N) is 1. The second-order valence-corrected chi connectivity index (χ2v) is 8.36. The topological polar surface area (TPSA) is 75.7 Å². The van der Waals surface area contributed by atoms with Crippen molar-refractivity contribution in [3.63, 3.8) is 0 Å². The van der Waals surface area contributed by atoms with Crippen LogP contribution in [0.4, 0.5) is 0 Å². The van der Waals surface area contributed by atoms with E-state index in [1.54, 1.807) is 24.3 Å².